The van der Waals surface area contributed by atoms with Crippen LogP contribution in [0.25, 0.3) is 0 Å². The lowest BCUT2D eigenvalue weighted by molar-refractivity contribution is -0.776. The van der Waals surface area contributed by atoms with E-state index in [2.05, 4.69) is 9.68 Å². The molecule has 0 heterocycles. The maximum atomic E-state index is 10.5. The molecular weight excluding hydrogens is 278 g/mol. The van der Waals surface area contributed by atoms with Gasteiger partial charge in [0.15, 0.2) is 0 Å². The van der Waals surface area contributed by atoms with Crippen LogP contribution in [0.15, 0.2) is 24.3 Å². The summed E-state index contributed by atoms with van der Waals surface area (Å²) in [5.41, 5.74) is 0.0920. The van der Waals surface area contributed by atoms with Crippen molar-refractivity contribution in [2.75, 3.05) is 6.61 Å². The van der Waals surface area contributed by atoms with Crippen LogP contribution in [-0.2, 0) is 9.68 Å². The zero-order valence-electron chi connectivity index (χ0n) is 9.91. The van der Waals surface area contributed by atoms with Crippen LogP contribution in [0.2, 0.25) is 0 Å². The van der Waals surface area contributed by atoms with Crippen LogP contribution < -0.4 is 0 Å². The molecule has 0 aliphatic carbocycles. The standard InChI is InChI=1S/C9H9N3O8/c13-10(14)8-3-1-7(2-4-8)9(20-12(17)18)5-6-19-11(15)16/h1-4,9H,5-6H2. The molecule has 0 spiro atoms. The van der Waals surface area contributed by atoms with Gasteiger partial charge < -0.3 is 9.68 Å². The van der Waals surface area contributed by atoms with E-state index in [4.69, 9.17) is 0 Å². The number of nitro groups is 1. The van der Waals surface area contributed by atoms with Gasteiger partial charge >= 0.3 is 0 Å². The number of nitro benzene ring substituents is 1. The fourth-order valence-electron chi connectivity index (χ4n) is 1.43. The molecule has 20 heavy (non-hydrogen) atoms. The van der Waals surface area contributed by atoms with Crippen molar-refractivity contribution < 1.29 is 24.8 Å². The number of non-ortho nitro benzene ring substituents is 1. The van der Waals surface area contributed by atoms with Gasteiger partial charge in [-0.3, -0.25) is 10.1 Å². The Morgan fingerprint density at radius 2 is 1.60 bits per heavy atom. The lowest BCUT2D eigenvalue weighted by Gasteiger charge is -2.14. The molecule has 108 valence electrons. The fraction of sp³-hybridized carbons (Fsp3) is 0.333. The molecule has 1 aromatic carbocycles. The van der Waals surface area contributed by atoms with E-state index >= 15 is 0 Å². The van der Waals surface area contributed by atoms with Gasteiger partial charge in [0.1, 0.15) is 6.10 Å². The summed E-state index contributed by atoms with van der Waals surface area (Å²) in [6.07, 6.45) is -1.26. The van der Waals surface area contributed by atoms with Gasteiger partial charge in [0, 0.05) is 18.6 Å². The minimum Gasteiger partial charge on any atom is -0.314 e. The quantitative estimate of drug-likeness (QED) is 0.515. The number of benzene rings is 1. The minimum absolute atomic E-state index is 0.153. The Bertz CT molecular complexity index is 502. The van der Waals surface area contributed by atoms with Gasteiger partial charge in [-0.15, -0.1) is 20.2 Å². The molecule has 0 aliphatic rings. The summed E-state index contributed by atoms with van der Waals surface area (Å²) >= 11 is 0. The first-order valence-electron chi connectivity index (χ1n) is 5.23. The third kappa shape index (κ3) is 4.72. The van der Waals surface area contributed by atoms with Gasteiger partial charge in [0.2, 0.25) is 0 Å². The Morgan fingerprint density at radius 3 is 2.05 bits per heavy atom. The molecule has 0 amide bonds. The van der Waals surface area contributed by atoms with Crippen molar-refractivity contribution in [2.24, 2.45) is 0 Å². The lowest BCUT2D eigenvalue weighted by atomic mass is 10.1. The van der Waals surface area contributed by atoms with Crippen LogP contribution >= 0.6 is 0 Å². The van der Waals surface area contributed by atoms with E-state index < -0.39 is 27.8 Å². The number of nitrogens with zero attached hydrogens (tertiary/aromatic N) is 3. The van der Waals surface area contributed by atoms with Crippen LogP contribution in [0.5, 0.6) is 0 Å². The van der Waals surface area contributed by atoms with E-state index in [9.17, 15) is 30.3 Å². The van der Waals surface area contributed by atoms with E-state index in [1.807, 2.05) is 0 Å². The van der Waals surface area contributed by atoms with Crippen molar-refractivity contribution in [1.82, 2.24) is 0 Å². The molecule has 0 fully saturated rings. The summed E-state index contributed by atoms with van der Waals surface area (Å²) in [6.45, 7) is -0.400. The van der Waals surface area contributed by atoms with Crippen LogP contribution in [0.4, 0.5) is 5.69 Å². The fourth-order valence-corrected chi connectivity index (χ4v) is 1.43. The second-order valence-electron chi connectivity index (χ2n) is 3.51. The lowest BCUT2D eigenvalue weighted by Crippen LogP contribution is -2.13. The Balaban J connectivity index is 2.78. The molecule has 0 saturated carbocycles. The first-order chi connectivity index (χ1) is 9.40. The molecular formula is C9H9N3O8. The molecule has 11 heteroatoms. The predicted octanol–water partition coefficient (Wildman–Crippen LogP) is 1.44. The second kappa shape index (κ2) is 6.82. The van der Waals surface area contributed by atoms with E-state index in [0.717, 1.165) is 12.1 Å². The van der Waals surface area contributed by atoms with Gasteiger partial charge in [-0.2, -0.15) is 0 Å². The van der Waals surface area contributed by atoms with Gasteiger partial charge in [-0.25, -0.2) is 0 Å². The average Bonchev–Trinajstić information content (AvgIpc) is 2.37. The Morgan fingerprint density at radius 1 is 1.00 bits per heavy atom. The summed E-state index contributed by atoms with van der Waals surface area (Å²) in [7, 11) is 0. The SMILES string of the molecule is O=[N+]([O-])OCCC(O[N+](=O)[O-])c1ccc([N+](=O)[O-])cc1. The summed E-state index contributed by atoms with van der Waals surface area (Å²) in [4.78, 5) is 38.6. The molecule has 0 N–H and O–H groups in total. The summed E-state index contributed by atoms with van der Waals surface area (Å²) in [5, 5.41) is 28.8. The molecule has 0 bridgehead atoms. The number of hydrogen-bond donors (Lipinski definition) is 0. The Labute approximate surface area is 111 Å². The summed E-state index contributed by atoms with van der Waals surface area (Å²) < 4.78 is 0. The zero-order chi connectivity index (χ0) is 15.1. The van der Waals surface area contributed by atoms with E-state index in [-0.39, 0.29) is 17.7 Å². The van der Waals surface area contributed by atoms with Crippen LogP contribution in [0.1, 0.15) is 18.1 Å². The predicted molar refractivity (Wildman–Crippen MR) is 61.5 cm³/mol. The molecule has 1 atom stereocenters. The van der Waals surface area contributed by atoms with Crippen molar-refractivity contribution in [3.63, 3.8) is 0 Å². The van der Waals surface area contributed by atoms with Gasteiger partial charge in [-0.05, 0) is 17.7 Å². The van der Waals surface area contributed by atoms with Crippen molar-refractivity contribution in [3.8, 4) is 0 Å². The second-order valence-corrected chi connectivity index (χ2v) is 3.51. The zero-order valence-corrected chi connectivity index (χ0v) is 9.91. The highest BCUT2D eigenvalue weighted by molar-refractivity contribution is 5.33. The van der Waals surface area contributed by atoms with Crippen LogP contribution in [0.3, 0.4) is 0 Å². The average molecular weight is 287 g/mol. The van der Waals surface area contributed by atoms with Crippen molar-refractivity contribution in [1.29, 1.82) is 0 Å². The van der Waals surface area contributed by atoms with Crippen molar-refractivity contribution in [3.05, 3.63) is 60.2 Å². The van der Waals surface area contributed by atoms with Crippen molar-refractivity contribution in [2.45, 2.75) is 12.5 Å². The van der Waals surface area contributed by atoms with Gasteiger partial charge in [0.25, 0.3) is 15.9 Å². The van der Waals surface area contributed by atoms with Gasteiger partial charge in [-0.1, -0.05) is 0 Å². The Kier molecular flexibility index (Phi) is 5.14. The van der Waals surface area contributed by atoms with E-state index in [1.165, 1.54) is 12.1 Å². The van der Waals surface area contributed by atoms with Crippen LogP contribution in [-0.4, -0.2) is 21.7 Å². The van der Waals surface area contributed by atoms with E-state index in [0.29, 0.717) is 0 Å². The largest absolute Gasteiger partial charge is 0.314 e. The topological polar surface area (TPSA) is 148 Å². The highest BCUT2D eigenvalue weighted by Crippen LogP contribution is 2.23. The molecule has 0 radical (unpaired) electrons. The molecule has 11 nitrogen and oxygen atoms in total. The highest BCUT2D eigenvalue weighted by Gasteiger charge is 2.18. The summed E-state index contributed by atoms with van der Waals surface area (Å²) in [5.74, 6) is 0. The third-order valence-corrected chi connectivity index (χ3v) is 2.27. The summed E-state index contributed by atoms with van der Waals surface area (Å²) in [6, 6.07) is 4.86. The van der Waals surface area contributed by atoms with Crippen LogP contribution in [0, 0.1) is 30.3 Å². The smallest absolute Gasteiger partial charge is 0.295 e. The monoisotopic (exact) mass is 287 g/mol. The maximum absolute atomic E-state index is 10.5. The molecule has 0 saturated heterocycles. The first-order valence-corrected chi connectivity index (χ1v) is 5.23. The highest BCUT2D eigenvalue weighted by atomic mass is 17.0. The number of rotatable bonds is 8. The normalized spacial score (nSPS) is 11.4. The molecule has 1 rings (SSSR count). The molecule has 1 unspecified atom stereocenters. The Hall–Kier alpha value is -2.98. The molecule has 1 aromatic rings. The maximum Gasteiger partial charge on any atom is 0.295 e. The molecule has 0 aliphatic heterocycles. The minimum atomic E-state index is -1.11. The third-order valence-electron chi connectivity index (χ3n) is 2.27. The van der Waals surface area contributed by atoms with Gasteiger partial charge in [0.05, 0.1) is 11.5 Å². The van der Waals surface area contributed by atoms with Crippen molar-refractivity contribution >= 4 is 5.69 Å². The molecule has 0 aromatic heterocycles. The first kappa shape index (κ1) is 15.1. The number of hydrogen-bond acceptors (Lipinski definition) is 8. The van der Waals surface area contributed by atoms with E-state index in [1.54, 1.807) is 0 Å².